The molecule has 8 heteroatoms. The van der Waals surface area contributed by atoms with E-state index in [2.05, 4.69) is 5.32 Å². The van der Waals surface area contributed by atoms with Gasteiger partial charge in [-0.1, -0.05) is 34.1 Å². The van der Waals surface area contributed by atoms with E-state index in [9.17, 15) is 14.4 Å². The van der Waals surface area contributed by atoms with Gasteiger partial charge in [0.05, 0.1) is 24.6 Å². The number of methoxy groups -OCH3 is 1. The first-order valence-electron chi connectivity index (χ1n) is 9.93. The molecule has 0 aromatic carbocycles. The summed E-state index contributed by atoms with van der Waals surface area (Å²) in [6.45, 7) is 9.61. The zero-order valence-corrected chi connectivity index (χ0v) is 19.0. The van der Waals surface area contributed by atoms with Crippen molar-refractivity contribution in [3.8, 4) is 0 Å². The highest BCUT2D eigenvalue weighted by atomic mass is 16.5. The number of rotatable bonds is 12. The predicted octanol–water partition coefficient (Wildman–Crippen LogP) is 0.841. The molecule has 5 atom stereocenters. The van der Waals surface area contributed by atoms with Crippen LogP contribution in [0.5, 0.6) is 0 Å². The molecular weight excluding hydrogens is 360 g/mol. The predicted molar refractivity (Wildman–Crippen MR) is 111 cm³/mol. The molecule has 164 valence electrons. The van der Waals surface area contributed by atoms with Gasteiger partial charge >= 0.3 is 0 Å². The zero-order valence-electron chi connectivity index (χ0n) is 19.0. The van der Waals surface area contributed by atoms with Crippen molar-refractivity contribution in [3.63, 3.8) is 0 Å². The first kappa shape index (κ1) is 26.3. The van der Waals surface area contributed by atoms with E-state index in [1.54, 1.807) is 23.8 Å². The highest BCUT2D eigenvalue weighted by Gasteiger charge is 2.37. The van der Waals surface area contributed by atoms with Crippen LogP contribution in [-0.4, -0.2) is 80.0 Å². The molecular formula is C20H40N4O4. The van der Waals surface area contributed by atoms with Crippen molar-refractivity contribution in [2.24, 2.45) is 17.6 Å². The van der Waals surface area contributed by atoms with Crippen molar-refractivity contribution in [2.75, 3.05) is 28.3 Å². The maximum atomic E-state index is 13.3. The van der Waals surface area contributed by atoms with Crippen LogP contribution in [-0.2, 0) is 19.1 Å². The number of carbonyl (C=O) groups is 3. The van der Waals surface area contributed by atoms with Gasteiger partial charge in [-0.15, -0.1) is 0 Å². The minimum atomic E-state index is -0.669. The van der Waals surface area contributed by atoms with Gasteiger partial charge in [-0.3, -0.25) is 19.3 Å². The summed E-state index contributed by atoms with van der Waals surface area (Å²) >= 11 is 0. The number of nitrogens with two attached hydrogens (primary N) is 1. The number of carbonyl (C=O) groups excluding carboxylic acids is 3. The molecule has 8 nitrogen and oxygen atoms in total. The Balaban J connectivity index is 5.67. The van der Waals surface area contributed by atoms with E-state index >= 15 is 0 Å². The largest absolute Gasteiger partial charge is 0.379 e. The number of hydrogen-bond donors (Lipinski definition) is 2. The van der Waals surface area contributed by atoms with Gasteiger partial charge in [0, 0.05) is 14.2 Å². The summed E-state index contributed by atoms with van der Waals surface area (Å²) in [5.74, 6) is -0.892. The Morgan fingerprint density at radius 1 is 1.07 bits per heavy atom. The molecule has 28 heavy (non-hydrogen) atoms. The van der Waals surface area contributed by atoms with Crippen molar-refractivity contribution in [1.29, 1.82) is 0 Å². The fourth-order valence-electron chi connectivity index (χ4n) is 3.17. The average Bonchev–Trinajstić information content (AvgIpc) is 2.62. The third-order valence-electron chi connectivity index (χ3n) is 5.49. The molecule has 0 saturated carbocycles. The maximum absolute atomic E-state index is 13.3. The smallest absolute Gasteiger partial charge is 0.245 e. The third-order valence-corrected chi connectivity index (χ3v) is 5.49. The first-order chi connectivity index (χ1) is 12.9. The van der Waals surface area contributed by atoms with E-state index in [4.69, 9.17) is 10.5 Å². The molecule has 0 heterocycles. The molecule has 0 fully saturated rings. The second-order valence-electron chi connectivity index (χ2n) is 8.14. The lowest BCUT2D eigenvalue weighted by atomic mass is 9.90. The van der Waals surface area contributed by atoms with Crippen LogP contribution < -0.4 is 11.1 Å². The molecule has 0 spiro atoms. The summed E-state index contributed by atoms with van der Waals surface area (Å²) in [4.78, 5) is 40.7. The molecule has 3 amide bonds. The zero-order chi connectivity index (χ0) is 22.2. The fourth-order valence-corrected chi connectivity index (χ4v) is 3.17. The van der Waals surface area contributed by atoms with E-state index in [1.807, 2.05) is 41.8 Å². The second-order valence-corrected chi connectivity index (χ2v) is 8.14. The van der Waals surface area contributed by atoms with Crippen LogP contribution >= 0.6 is 0 Å². The minimum Gasteiger partial charge on any atom is -0.379 e. The van der Waals surface area contributed by atoms with Crippen LogP contribution in [0.25, 0.3) is 0 Å². The van der Waals surface area contributed by atoms with Gasteiger partial charge in [0.15, 0.2) is 0 Å². The molecule has 0 saturated heterocycles. The van der Waals surface area contributed by atoms with Crippen molar-refractivity contribution >= 4 is 17.7 Å². The monoisotopic (exact) mass is 400 g/mol. The molecule has 0 radical (unpaired) electrons. The quantitative estimate of drug-likeness (QED) is 0.505. The van der Waals surface area contributed by atoms with E-state index in [1.165, 1.54) is 7.11 Å². The summed E-state index contributed by atoms with van der Waals surface area (Å²) in [6.07, 6.45) is 0.321. The van der Waals surface area contributed by atoms with E-state index in [0.29, 0.717) is 0 Å². The van der Waals surface area contributed by atoms with Crippen molar-refractivity contribution in [3.05, 3.63) is 0 Å². The molecule has 0 rings (SSSR count). The lowest BCUT2D eigenvalue weighted by Crippen LogP contribution is -2.58. The third kappa shape index (κ3) is 7.39. The normalized spacial score (nSPS) is 17.0. The van der Waals surface area contributed by atoms with Crippen molar-refractivity contribution < 1.29 is 19.1 Å². The molecule has 0 aliphatic heterocycles. The summed E-state index contributed by atoms with van der Waals surface area (Å²) in [5, 5.41) is 2.88. The number of likely N-dealkylation sites (N-methyl/N-ethyl adjacent to an activating group) is 2. The van der Waals surface area contributed by atoms with Gasteiger partial charge in [0.25, 0.3) is 0 Å². The fraction of sp³-hybridized carbons (Fsp3) is 0.850. The first-order valence-corrected chi connectivity index (χ1v) is 9.93. The number of hydrogen-bond acceptors (Lipinski definition) is 5. The average molecular weight is 401 g/mol. The molecule has 3 N–H and O–H groups in total. The minimum absolute atomic E-state index is 0.0273. The van der Waals surface area contributed by atoms with E-state index < -0.39 is 18.1 Å². The Kier molecular flexibility index (Phi) is 11.3. The lowest BCUT2D eigenvalue weighted by Gasteiger charge is -2.39. The summed E-state index contributed by atoms with van der Waals surface area (Å²) in [5.41, 5.74) is 5.38. The molecule has 0 aromatic heterocycles. The lowest BCUT2D eigenvalue weighted by molar-refractivity contribution is -0.144. The van der Waals surface area contributed by atoms with Crippen LogP contribution in [0.3, 0.4) is 0 Å². The number of primary amides is 1. The van der Waals surface area contributed by atoms with Crippen LogP contribution in [0.2, 0.25) is 0 Å². The van der Waals surface area contributed by atoms with Gasteiger partial charge in [-0.25, -0.2) is 0 Å². The summed E-state index contributed by atoms with van der Waals surface area (Å²) in [6, 6.07) is -1.36. The molecule has 0 aliphatic carbocycles. The number of nitrogens with zero attached hydrogens (tertiary/aromatic N) is 2. The van der Waals surface area contributed by atoms with Gasteiger partial charge in [-0.05, 0) is 32.9 Å². The SMILES string of the molecule is CC[C@H](C)[C@@H]([C@@H](CC(N)=O)OC)N(C)C(=O)[C@@H](NC(=O)[C@@H](C)N(C)C)C(C)C. The van der Waals surface area contributed by atoms with Gasteiger partial charge in [-0.2, -0.15) is 0 Å². The van der Waals surface area contributed by atoms with Crippen LogP contribution in [0.15, 0.2) is 0 Å². The Labute approximate surface area is 170 Å². The van der Waals surface area contributed by atoms with Gasteiger partial charge in [0.1, 0.15) is 6.04 Å². The molecule has 0 bridgehead atoms. The Hall–Kier alpha value is -1.67. The maximum Gasteiger partial charge on any atom is 0.245 e. The van der Waals surface area contributed by atoms with Crippen LogP contribution in [0, 0.1) is 11.8 Å². The van der Waals surface area contributed by atoms with Crippen molar-refractivity contribution in [2.45, 2.75) is 71.7 Å². The molecule has 0 unspecified atom stereocenters. The van der Waals surface area contributed by atoms with Gasteiger partial charge < -0.3 is 20.7 Å². The van der Waals surface area contributed by atoms with Crippen molar-refractivity contribution in [1.82, 2.24) is 15.1 Å². The van der Waals surface area contributed by atoms with E-state index in [-0.39, 0.29) is 42.2 Å². The Bertz CT molecular complexity index is 524. The van der Waals surface area contributed by atoms with Gasteiger partial charge in [0.2, 0.25) is 17.7 Å². The number of nitrogens with one attached hydrogen (secondary N) is 1. The highest BCUT2D eigenvalue weighted by molar-refractivity contribution is 5.90. The molecule has 0 aromatic rings. The highest BCUT2D eigenvalue weighted by Crippen LogP contribution is 2.23. The molecule has 0 aliphatic rings. The van der Waals surface area contributed by atoms with E-state index in [0.717, 1.165) is 6.42 Å². The number of ether oxygens (including phenoxy) is 1. The summed E-state index contributed by atoms with van der Waals surface area (Å²) in [7, 11) is 6.84. The summed E-state index contributed by atoms with van der Waals surface area (Å²) < 4.78 is 5.52. The Morgan fingerprint density at radius 3 is 1.96 bits per heavy atom. The second kappa shape index (κ2) is 12.0. The van der Waals surface area contributed by atoms with Crippen LogP contribution in [0.1, 0.15) is 47.5 Å². The topological polar surface area (TPSA) is 105 Å². The number of amides is 3. The van der Waals surface area contributed by atoms with Crippen LogP contribution in [0.4, 0.5) is 0 Å². The Morgan fingerprint density at radius 2 is 1.61 bits per heavy atom. The standard InChI is InChI=1S/C20H40N4O4/c1-10-13(4)18(15(28-9)11-16(21)25)24(8)20(27)17(12(2)3)22-19(26)14(5)23(6)7/h12-15,17-18H,10-11H2,1-9H3,(H2,21,25)(H,22,26)/t13-,14+,15+,17-,18-/m0/s1.